The van der Waals surface area contributed by atoms with E-state index < -0.39 is 32.5 Å². The van der Waals surface area contributed by atoms with E-state index in [0.29, 0.717) is 19.3 Å². The summed E-state index contributed by atoms with van der Waals surface area (Å²) in [5, 5.41) is 9.89. The summed E-state index contributed by atoms with van der Waals surface area (Å²) in [4.78, 5) is 34.8. The van der Waals surface area contributed by atoms with Gasteiger partial charge in [-0.2, -0.15) is 0 Å². The normalized spacial score (nSPS) is 14.6. The zero-order chi connectivity index (χ0) is 41.2. The molecule has 0 rings (SSSR count). The van der Waals surface area contributed by atoms with E-state index in [1.807, 2.05) is 36.5 Å². The van der Waals surface area contributed by atoms with Gasteiger partial charge in [-0.05, 0) is 70.6 Å². The third-order valence-electron chi connectivity index (χ3n) is 8.67. The highest BCUT2D eigenvalue weighted by Gasteiger charge is 2.26. The number of carbonyl (C=O) groups excluding carboxylic acids is 2. The number of aliphatic hydroxyl groups excluding tert-OH is 1. The molecule has 56 heavy (non-hydrogen) atoms. The number of carbonyl (C=O) groups is 2. The minimum absolute atomic E-state index is 0.0343. The van der Waals surface area contributed by atoms with Crippen LogP contribution in [0.2, 0.25) is 0 Å². The summed E-state index contributed by atoms with van der Waals surface area (Å²) in [6.45, 7) is 3.48. The number of nitrogens with two attached hydrogens (primary N) is 1. The van der Waals surface area contributed by atoms with Gasteiger partial charge in [0.1, 0.15) is 6.61 Å². The molecule has 10 nitrogen and oxygen atoms in total. The van der Waals surface area contributed by atoms with Crippen LogP contribution in [0.25, 0.3) is 0 Å². The number of esters is 2. The van der Waals surface area contributed by atoms with E-state index in [9.17, 15) is 24.2 Å². The number of unbranched alkanes of at least 4 members (excludes halogenated alkanes) is 13. The molecule has 0 aromatic rings. The Morgan fingerprint density at radius 1 is 0.625 bits per heavy atom. The Balaban J connectivity index is 4.32. The molecule has 0 aromatic carbocycles. The van der Waals surface area contributed by atoms with E-state index in [0.717, 1.165) is 70.6 Å². The molecular weight excluding hydrogens is 729 g/mol. The molecule has 4 N–H and O–H groups in total. The lowest BCUT2D eigenvalue weighted by molar-refractivity contribution is -0.161. The van der Waals surface area contributed by atoms with Crippen LogP contribution < -0.4 is 5.73 Å². The summed E-state index contributed by atoms with van der Waals surface area (Å²) in [5.41, 5.74) is 5.34. The van der Waals surface area contributed by atoms with E-state index in [1.165, 1.54) is 44.9 Å². The Kier molecular flexibility index (Phi) is 38.7. The third-order valence-corrected chi connectivity index (χ3v) is 9.65. The van der Waals surface area contributed by atoms with Gasteiger partial charge < -0.3 is 25.2 Å². The highest BCUT2D eigenvalue weighted by molar-refractivity contribution is 7.47. The number of hydrogen-bond donors (Lipinski definition) is 3. The fourth-order valence-electron chi connectivity index (χ4n) is 5.41. The highest BCUT2D eigenvalue weighted by atomic mass is 31.2. The minimum atomic E-state index is -4.40. The van der Waals surface area contributed by atoms with Crippen LogP contribution in [0.5, 0.6) is 0 Å². The molecule has 0 aliphatic carbocycles. The first kappa shape index (κ1) is 53.4. The fraction of sp³-hybridized carbons (Fsp3) is 0.689. The van der Waals surface area contributed by atoms with Gasteiger partial charge in [-0.15, -0.1) is 0 Å². The van der Waals surface area contributed by atoms with Crippen molar-refractivity contribution in [3.8, 4) is 0 Å². The van der Waals surface area contributed by atoms with Crippen molar-refractivity contribution in [1.82, 2.24) is 0 Å². The molecule has 0 radical (unpaired) electrons. The molecule has 0 bridgehead atoms. The monoisotopic (exact) mass is 808 g/mol. The Morgan fingerprint density at radius 2 is 1.16 bits per heavy atom. The summed E-state index contributed by atoms with van der Waals surface area (Å²) in [5.74, 6) is -0.936. The standard InChI is InChI=1S/C45H78NO9P/c1-3-5-7-8-9-10-11-12-13-14-15-16-19-23-26-29-33-37-45(49)55-43(41-54-56(50,51)53-39-38-46)40-52-44(48)36-32-28-25-22-20-17-18-21-24-27-31-35-42(47)34-30-6-4-2/h9-10,12-13,17-18,22,24-25,27,31,35,42-43,47H,3-8,11,14-16,19-21,23,26,28-30,32-34,36-41,46H2,1-2H3,(H,50,51)/b10-9-,13-12-,18-17-,25-22-,27-24-,35-31+/t42-,43-/m1/s1. The zero-order valence-corrected chi connectivity index (χ0v) is 35.8. The molecule has 0 spiro atoms. The molecular formula is C45H78NO9P. The molecule has 0 saturated carbocycles. The van der Waals surface area contributed by atoms with Crippen LogP contribution in [0.15, 0.2) is 72.9 Å². The number of phosphoric ester groups is 1. The molecule has 0 aliphatic heterocycles. The van der Waals surface area contributed by atoms with Crippen LogP contribution in [-0.2, 0) is 32.7 Å². The molecule has 0 fully saturated rings. The number of phosphoric acid groups is 1. The van der Waals surface area contributed by atoms with Crippen molar-refractivity contribution >= 4 is 19.8 Å². The predicted molar refractivity (Wildman–Crippen MR) is 230 cm³/mol. The molecule has 0 heterocycles. The Morgan fingerprint density at radius 3 is 1.80 bits per heavy atom. The van der Waals surface area contributed by atoms with Crippen LogP contribution in [0.3, 0.4) is 0 Å². The first-order valence-electron chi connectivity index (χ1n) is 21.5. The number of hydrogen-bond acceptors (Lipinski definition) is 9. The van der Waals surface area contributed by atoms with Crippen LogP contribution in [-0.4, -0.2) is 60.5 Å². The molecule has 1 unspecified atom stereocenters. The summed E-state index contributed by atoms with van der Waals surface area (Å²) in [6.07, 6.45) is 45.4. The molecule has 0 amide bonds. The van der Waals surface area contributed by atoms with Gasteiger partial charge in [-0.1, -0.05) is 151 Å². The quantitative estimate of drug-likeness (QED) is 0.0180. The van der Waals surface area contributed by atoms with E-state index in [2.05, 4.69) is 50.3 Å². The van der Waals surface area contributed by atoms with Crippen molar-refractivity contribution in [2.45, 2.75) is 174 Å². The van der Waals surface area contributed by atoms with Crippen molar-refractivity contribution in [3.63, 3.8) is 0 Å². The van der Waals surface area contributed by atoms with Gasteiger partial charge in [-0.3, -0.25) is 18.6 Å². The lowest BCUT2D eigenvalue weighted by Crippen LogP contribution is -2.29. The van der Waals surface area contributed by atoms with Crippen molar-refractivity contribution < 1.29 is 42.7 Å². The Hall–Kier alpha value is -2.59. The van der Waals surface area contributed by atoms with Gasteiger partial charge >= 0.3 is 19.8 Å². The van der Waals surface area contributed by atoms with Gasteiger partial charge in [0.2, 0.25) is 0 Å². The van der Waals surface area contributed by atoms with Crippen molar-refractivity contribution in [1.29, 1.82) is 0 Å². The first-order valence-corrected chi connectivity index (χ1v) is 23.0. The third kappa shape index (κ3) is 39.6. The molecule has 11 heteroatoms. The second kappa shape index (κ2) is 40.6. The van der Waals surface area contributed by atoms with Crippen LogP contribution in [0, 0.1) is 0 Å². The van der Waals surface area contributed by atoms with Crippen molar-refractivity contribution in [2.24, 2.45) is 5.73 Å². The summed E-state index contributed by atoms with van der Waals surface area (Å²) in [7, 11) is -4.40. The van der Waals surface area contributed by atoms with Gasteiger partial charge in [-0.25, -0.2) is 4.57 Å². The average Bonchev–Trinajstić information content (AvgIpc) is 3.18. The summed E-state index contributed by atoms with van der Waals surface area (Å²) >= 11 is 0. The van der Waals surface area contributed by atoms with Gasteiger partial charge in [0.15, 0.2) is 6.10 Å². The van der Waals surface area contributed by atoms with Crippen molar-refractivity contribution in [3.05, 3.63) is 72.9 Å². The Bertz CT molecular complexity index is 1160. The molecule has 0 saturated heterocycles. The lowest BCUT2D eigenvalue weighted by atomic mass is 10.1. The second-order valence-electron chi connectivity index (χ2n) is 14.1. The maximum atomic E-state index is 12.6. The van der Waals surface area contributed by atoms with Gasteiger partial charge in [0, 0.05) is 19.4 Å². The van der Waals surface area contributed by atoms with Gasteiger partial charge in [0.25, 0.3) is 0 Å². The van der Waals surface area contributed by atoms with E-state index >= 15 is 0 Å². The lowest BCUT2D eigenvalue weighted by Gasteiger charge is -2.19. The average molecular weight is 808 g/mol. The topological polar surface area (TPSA) is 155 Å². The Labute approximate surface area is 340 Å². The van der Waals surface area contributed by atoms with Gasteiger partial charge in [0.05, 0.1) is 19.3 Å². The van der Waals surface area contributed by atoms with E-state index in [-0.39, 0.29) is 38.7 Å². The largest absolute Gasteiger partial charge is 0.472 e. The van der Waals surface area contributed by atoms with Crippen LogP contribution in [0.4, 0.5) is 0 Å². The summed E-state index contributed by atoms with van der Waals surface area (Å²) < 4.78 is 32.7. The maximum absolute atomic E-state index is 12.6. The SMILES string of the molecule is CCCCC/C=C\C/C=C\CCCCCCCCCC(=O)O[C@H](COC(=O)CCC/C=C\C/C=C\C/C=C\C=C\[C@H](O)CCCCC)COP(=O)(O)OCCN. The highest BCUT2D eigenvalue weighted by Crippen LogP contribution is 2.43. The molecule has 0 aliphatic rings. The number of rotatable bonds is 39. The van der Waals surface area contributed by atoms with E-state index in [1.54, 1.807) is 0 Å². The fourth-order valence-corrected chi connectivity index (χ4v) is 6.18. The second-order valence-corrected chi connectivity index (χ2v) is 15.5. The molecule has 3 atom stereocenters. The van der Waals surface area contributed by atoms with E-state index in [4.69, 9.17) is 24.3 Å². The number of allylic oxidation sites excluding steroid dienone is 11. The molecule has 322 valence electrons. The van der Waals surface area contributed by atoms with Crippen LogP contribution in [0.1, 0.15) is 162 Å². The maximum Gasteiger partial charge on any atom is 0.472 e. The number of aliphatic hydroxyl groups is 1. The smallest absolute Gasteiger partial charge is 0.462 e. The first-order chi connectivity index (χ1) is 27.2. The minimum Gasteiger partial charge on any atom is -0.462 e. The molecule has 0 aromatic heterocycles. The predicted octanol–water partition coefficient (Wildman–Crippen LogP) is 11.2. The van der Waals surface area contributed by atoms with Crippen molar-refractivity contribution in [2.75, 3.05) is 26.4 Å². The zero-order valence-electron chi connectivity index (χ0n) is 35.0. The summed E-state index contributed by atoms with van der Waals surface area (Å²) in [6, 6.07) is 0. The van der Waals surface area contributed by atoms with Crippen LogP contribution >= 0.6 is 7.82 Å². The number of ether oxygens (including phenoxy) is 2.